The van der Waals surface area contributed by atoms with Crippen molar-refractivity contribution < 1.29 is 24.0 Å². The van der Waals surface area contributed by atoms with Crippen LogP contribution in [0.25, 0.3) is 6.08 Å². The zero-order valence-electron chi connectivity index (χ0n) is 13.4. The molecule has 0 radical (unpaired) electrons. The van der Waals surface area contributed by atoms with Gasteiger partial charge in [0, 0.05) is 12.1 Å². The molecule has 7 nitrogen and oxygen atoms in total. The summed E-state index contributed by atoms with van der Waals surface area (Å²) in [5, 5.41) is 10.6. The third-order valence-corrected chi connectivity index (χ3v) is 3.26. The summed E-state index contributed by atoms with van der Waals surface area (Å²) in [4.78, 5) is 33.9. The molecular weight excluding hydrogens is 326 g/mol. The molecule has 0 aromatic heterocycles. The molecule has 0 amide bonds. The molecule has 0 bridgehead atoms. The van der Waals surface area contributed by atoms with Crippen molar-refractivity contribution in [2.75, 3.05) is 13.7 Å². The van der Waals surface area contributed by atoms with Crippen LogP contribution in [0.5, 0.6) is 0 Å². The number of nitrogens with zero attached hydrogens (tertiary/aromatic N) is 1. The van der Waals surface area contributed by atoms with E-state index in [4.69, 9.17) is 9.47 Å². The molecule has 25 heavy (non-hydrogen) atoms. The number of esters is 2. The third kappa shape index (κ3) is 5.00. The van der Waals surface area contributed by atoms with Crippen molar-refractivity contribution in [2.24, 2.45) is 0 Å². The van der Waals surface area contributed by atoms with Gasteiger partial charge >= 0.3 is 11.9 Å². The number of rotatable bonds is 6. The van der Waals surface area contributed by atoms with Crippen LogP contribution in [0.15, 0.2) is 60.2 Å². The molecule has 0 aliphatic heterocycles. The van der Waals surface area contributed by atoms with Crippen LogP contribution in [0.2, 0.25) is 0 Å². The molecule has 2 rings (SSSR count). The number of nitro benzene ring substituents is 1. The van der Waals surface area contributed by atoms with Crippen molar-refractivity contribution >= 4 is 23.7 Å². The van der Waals surface area contributed by atoms with Crippen LogP contribution in [0.3, 0.4) is 0 Å². The number of hydrogen-bond donors (Lipinski definition) is 0. The normalized spacial score (nSPS) is 10.8. The summed E-state index contributed by atoms with van der Waals surface area (Å²) in [5.74, 6) is -1.31. The van der Waals surface area contributed by atoms with Gasteiger partial charge in [-0.15, -0.1) is 0 Å². The first kappa shape index (κ1) is 17.9. The lowest BCUT2D eigenvalue weighted by molar-refractivity contribution is -0.384. The second-order valence-electron chi connectivity index (χ2n) is 4.95. The molecule has 0 N–H and O–H groups in total. The number of nitro groups is 1. The van der Waals surface area contributed by atoms with E-state index >= 15 is 0 Å². The quantitative estimate of drug-likeness (QED) is 0.347. The number of hydrogen-bond acceptors (Lipinski definition) is 6. The fraction of sp³-hybridized carbons (Fsp3) is 0.111. The van der Waals surface area contributed by atoms with Gasteiger partial charge in [-0.25, -0.2) is 9.59 Å². The van der Waals surface area contributed by atoms with Crippen LogP contribution in [-0.4, -0.2) is 30.6 Å². The van der Waals surface area contributed by atoms with Crippen molar-refractivity contribution in [3.8, 4) is 0 Å². The van der Waals surface area contributed by atoms with Crippen LogP contribution < -0.4 is 0 Å². The van der Waals surface area contributed by atoms with E-state index in [9.17, 15) is 19.7 Å². The van der Waals surface area contributed by atoms with Gasteiger partial charge in [-0.1, -0.05) is 30.3 Å². The molecule has 0 atom stereocenters. The standard InChI is InChI=1S/C18H15NO6/c1-24-17(20)15(11-13-5-3-2-4-6-13)12-25-18(21)14-7-9-16(10-8-14)19(22)23/h2-11H,12H2,1H3/b15-11+. The Morgan fingerprint density at radius 2 is 1.72 bits per heavy atom. The molecule has 0 saturated heterocycles. The highest BCUT2D eigenvalue weighted by Crippen LogP contribution is 2.14. The Kier molecular flexibility index (Phi) is 6.00. The smallest absolute Gasteiger partial charge is 0.338 e. The Labute approximate surface area is 143 Å². The molecule has 7 heteroatoms. The first-order valence-electron chi connectivity index (χ1n) is 7.27. The second kappa shape index (κ2) is 8.39. The van der Waals surface area contributed by atoms with Gasteiger partial charge in [0.15, 0.2) is 0 Å². The van der Waals surface area contributed by atoms with Crippen LogP contribution in [0.1, 0.15) is 15.9 Å². The van der Waals surface area contributed by atoms with Gasteiger partial charge in [0.25, 0.3) is 5.69 Å². The number of non-ortho nitro benzene ring substituents is 1. The summed E-state index contributed by atoms with van der Waals surface area (Å²) < 4.78 is 9.80. The molecular formula is C18H15NO6. The molecule has 0 heterocycles. The van der Waals surface area contributed by atoms with E-state index in [1.54, 1.807) is 18.2 Å². The van der Waals surface area contributed by atoms with E-state index < -0.39 is 16.9 Å². The van der Waals surface area contributed by atoms with Crippen LogP contribution in [0.4, 0.5) is 5.69 Å². The first-order chi connectivity index (χ1) is 12.0. The highest BCUT2D eigenvalue weighted by Gasteiger charge is 2.15. The molecule has 128 valence electrons. The zero-order valence-corrected chi connectivity index (χ0v) is 13.4. The number of carbonyl (C=O) groups excluding carboxylic acids is 2. The summed E-state index contributed by atoms with van der Waals surface area (Å²) in [6.07, 6.45) is 1.56. The number of ether oxygens (including phenoxy) is 2. The van der Waals surface area contributed by atoms with Gasteiger partial charge in [-0.05, 0) is 23.8 Å². The molecule has 2 aromatic rings. The number of methoxy groups -OCH3 is 1. The number of carbonyl (C=O) groups is 2. The van der Waals surface area contributed by atoms with Gasteiger partial charge in [0.2, 0.25) is 0 Å². The predicted octanol–water partition coefficient (Wildman–Crippen LogP) is 3.01. The van der Waals surface area contributed by atoms with Crippen LogP contribution in [-0.2, 0) is 14.3 Å². The van der Waals surface area contributed by atoms with Gasteiger partial charge in [0.05, 0.1) is 23.2 Å². The Hall–Kier alpha value is -3.48. The van der Waals surface area contributed by atoms with Crippen molar-refractivity contribution in [1.29, 1.82) is 0 Å². The maximum Gasteiger partial charge on any atom is 0.338 e. The minimum atomic E-state index is -0.697. The largest absolute Gasteiger partial charge is 0.466 e. The summed E-state index contributed by atoms with van der Waals surface area (Å²) >= 11 is 0. The number of benzene rings is 2. The Bertz CT molecular complexity index is 796. The molecule has 0 spiro atoms. The SMILES string of the molecule is COC(=O)/C(=C/c1ccccc1)COC(=O)c1ccc([N+](=O)[O-])cc1. The molecule has 0 saturated carbocycles. The van der Waals surface area contributed by atoms with Crippen molar-refractivity contribution in [2.45, 2.75) is 0 Å². The minimum Gasteiger partial charge on any atom is -0.466 e. The maximum absolute atomic E-state index is 12.0. The summed E-state index contributed by atoms with van der Waals surface area (Å²) in [5.41, 5.74) is 0.948. The molecule has 0 aliphatic carbocycles. The lowest BCUT2D eigenvalue weighted by atomic mass is 10.1. The van der Waals surface area contributed by atoms with E-state index in [1.807, 2.05) is 18.2 Å². The summed E-state index contributed by atoms with van der Waals surface area (Å²) in [7, 11) is 1.24. The molecule has 0 fully saturated rings. The molecule has 2 aromatic carbocycles. The Balaban J connectivity index is 2.09. The van der Waals surface area contributed by atoms with E-state index in [0.717, 1.165) is 5.56 Å². The Morgan fingerprint density at radius 1 is 1.08 bits per heavy atom. The van der Waals surface area contributed by atoms with Gasteiger partial charge in [-0.3, -0.25) is 10.1 Å². The van der Waals surface area contributed by atoms with E-state index in [0.29, 0.717) is 0 Å². The average Bonchev–Trinajstić information content (AvgIpc) is 2.65. The van der Waals surface area contributed by atoms with Crippen molar-refractivity contribution in [3.63, 3.8) is 0 Å². The van der Waals surface area contributed by atoms with Crippen LogP contribution in [0, 0.1) is 10.1 Å². The van der Waals surface area contributed by atoms with Crippen LogP contribution >= 0.6 is 0 Å². The van der Waals surface area contributed by atoms with E-state index in [-0.39, 0.29) is 23.4 Å². The minimum absolute atomic E-state index is 0.129. The third-order valence-electron chi connectivity index (χ3n) is 3.26. The van der Waals surface area contributed by atoms with Crippen molar-refractivity contribution in [1.82, 2.24) is 0 Å². The first-order valence-corrected chi connectivity index (χ1v) is 7.27. The molecule has 0 aliphatic rings. The highest BCUT2D eigenvalue weighted by molar-refractivity contribution is 5.95. The van der Waals surface area contributed by atoms with E-state index in [1.165, 1.54) is 31.4 Å². The fourth-order valence-corrected chi connectivity index (χ4v) is 1.99. The lowest BCUT2D eigenvalue weighted by Crippen LogP contribution is -2.14. The highest BCUT2D eigenvalue weighted by atomic mass is 16.6. The van der Waals surface area contributed by atoms with Gasteiger partial charge < -0.3 is 9.47 Å². The lowest BCUT2D eigenvalue weighted by Gasteiger charge is -2.08. The zero-order chi connectivity index (χ0) is 18.2. The second-order valence-corrected chi connectivity index (χ2v) is 4.95. The fourth-order valence-electron chi connectivity index (χ4n) is 1.99. The monoisotopic (exact) mass is 341 g/mol. The van der Waals surface area contributed by atoms with E-state index in [2.05, 4.69) is 0 Å². The summed E-state index contributed by atoms with van der Waals surface area (Å²) in [6, 6.07) is 14.0. The Morgan fingerprint density at radius 3 is 2.28 bits per heavy atom. The maximum atomic E-state index is 12.0. The molecule has 0 unspecified atom stereocenters. The average molecular weight is 341 g/mol. The summed E-state index contributed by atoms with van der Waals surface area (Å²) in [6.45, 7) is -0.280. The predicted molar refractivity (Wildman–Crippen MR) is 89.8 cm³/mol. The van der Waals surface area contributed by atoms with Crippen molar-refractivity contribution in [3.05, 3.63) is 81.4 Å². The topological polar surface area (TPSA) is 95.7 Å². The van der Waals surface area contributed by atoms with Gasteiger partial charge in [0.1, 0.15) is 6.61 Å². The van der Waals surface area contributed by atoms with Gasteiger partial charge in [-0.2, -0.15) is 0 Å².